The molecule has 1 aromatic heterocycles. The summed E-state index contributed by atoms with van der Waals surface area (Å²) in [7, 11) is 0. The molecular weight excluding hydrogens is 279 g/mol. The molecule has 2 N–H and O–H groups in total. The number of aliphatic hydroxyl groups is 1. The summed E-state index contributed by atoms with van der Waals surface area (Å²) in [6.45, 7) is 2.13. The highest BCUT2D eigenvalue weighted by atomic mass is 35.5. The number of hydrogen-bond acceptors (Lipinski definition) is 4. The number of H-pyrrole nitrogens is 1. The van der Waals surface area contributed by atoms with E-state index >= 15 is 0 Å². The Labute approximate surface area is 112 Å². The smallest absolute Gasteiger partial charge is 0.330 e. The summed E-state index contributed by atoms with van der Waals surface area (Å²) in [6.07, 6.45) is 0.0492. The van der Waals surface area contributed by atoms with Crippen molar-refractivity contribution >= 4 is 11.6 Å². The number of nitrogens with one attached hydrogen (secondary N) is 1. The molecule has 19 heavy (non-hydrogen) atoms. The van der Waals surface area contributed by atoms with Gasteiger partial charge in [-0.05, 0) is 6.92 Å². The Balaban J connectivity index is 2.51. The van der Waals surface area contributed by atoms with E-state index in [0.717, 1.165) is 10.6 Å². The molecule has 6 nitrogen and oxygen atoms in total. The normalized spacial score (nSPS) is 38.6. The van der Waals surface area contributed by atoms with Crippen molar-refractivity contribution in [2.75, 3.05) is 6.61 Å². The molecule has 0 radical (unpaired) electrons. The molecule has 0 amide bonds. The van der Waals surface area contributed by atoms with Crippen molar-refractivity contribution < 1.29 is 14.2 Å². The quantitative estimate of drug-likeness (QED) is 0.771. The van der Waals surface area contributed by atoms with Gasteiger partial charge in [0.25, 0.3) is 5.56 Å². The van der Waals surface area contributed by atoms with Gasteiger partial charge in [0, 0.05) is 18.2 Å². The molecule has 1 aliphatic rings. The average Bonchev–Trinajstić information content (AvgIpc) is 2.51. The second kappa shape index (κ2) is 4.43. The molecule has 4 atom stereocenters. The number of rotatable bonds is 2. The lowest BCUT2D eigenvalue weighted by Crippen LogP contribution is -2.40. The zero-order valence-corrected chi connectivity index (χ0v) is 11.1. The van der Waals surface area contributed by atoms with Gasteiger partial charge in [0.05, 0.1) is 4.87 Å². The Bertz CT molecular complexity index is 599. The van der Waals surface area contributed by atoms with Crippen molar-refractivity contribution in [3.63, 3.8) is 0 Å². The van der Waals surface area contributed by atoms with E-state index in [9.17, 15) is 14.0 Å². The number of ether oxygens (including phenoxy) is 1. The maximum absolute atomic E-state index is 14.3. The van der Waals surface area contributed by atoms with Crippen LogP contribution in [0.25, 0.3) is 0 Å². The molecule has 1 fully saturated rings. The minimum absolute atomic E-state index is 0.572. The van der Waals surface area contributed by atoms with Crippen LogP contribution >= 0.6 is 11.6 Å². The highest BCUT2D eigenvalue weighted by molar-refractivity contribution is 6.24. The minimum atomic E-state index is -2.34. The first-order chi connectivity index (χ1) is 8.72. The third-order valence-electron chi connectivity index (χ3n) is 3.60. The minimum Gasteiger partial charge on any atom is -0.390 e. The predicted molar refractivity (Wildman–Crippen MR) is 65.8 cm³/mol. The lowest BCUT2D eigenvalue weighted by atomic mass is 9.90. The summed E-state index contributed by atoms with van der Waals surface area (Å²) in [5.41, 5.74) is -1.32. The standard InChI is InChI=1S/C11H14ClFN2O4/c1-6-10(2,12)8(19-11(6,13)5-16)15-4-3-7(17)14-9(15)18/h3-4,6,8,16H,5H2,1-2H3,(H,14,17,18)/t6-,8+,10+,11+/m0/s1. The van der Waals surface area contributed by atoms with Gasteiger partial charge in [-0.15, -0.1) is 11.6 Å². The van der Waals surface area contributed by atoms with Crippen LogP contribution in [0.3, 0.4) is 0 Å². The van der Waals surface area contributed by atoms with Gasteiger partial charge in [0.15, 0.2) is 6.23 Å². The molecule has 0 spiro atoms. The summed E-state index contributed by atoms with van der Waals surface area (Å²) in [4.78, 5) is 23.5. The fraction of sp³-hybridized carbons (Fsp3) is 0.636. The number of halogens is 2. The Kier molecular flexibility index (Phi) is 3.32. The van der Waals surface area contributed by atoms with Crippen LogP contribution in [-0.4, -0.2) is 32.0 Å². The highest BCUT2D eigenvalue weighted by Crippen LogP contribution is 2.52. The van der Waals surface area contributed by atoms with Crippen LogP contribution in [-0.2, 0) is 4.74 Å². The van der Waals surface area contributed by atoms with Crippen LogP contribution in [0.15, 0.2) is 21.9 Å². The van der Waals surface area contributed by atoms with Gasteiger partial charge in [-0.25, -0.2) is 9.18 Å². The van der Waals surface area contributed by atoms with Gasteiger partial charge < -0.3 is 9.84 Å². The molecule has 0 aromatic carbocycles. The van der Waals surface area contributed by atoms with E-state index in [2.05, 4.69) is 0 Å². The fourth-order valence-electron chi connectivity index (χ4n) is 2.15. The number of hydrogen-bond donors (Lipinski definition) is 2. The molecule has 0 saturated carbocycles. The zero-order valence-electron chi connectivity index (χ0n) is 10.4. The molecule has 2 rings (SSSR count). The van der Waals surface area contributed by atoms with E-state index in [0.29, 0.717) is 0 Å². The van der Waals surface area contributed by atoms with E-state index in [1.54, 1.807) is 0 Å². The van der Waals surface area contributed by atoms with Gasteiger partial charge in [-0.3, -0.25) is 14.3 Å². The Morgan fingerprint density at radius 2 is 2.26 bits per heavy atom. The second-order valence-electron chi connectivity index (χ2n) is 4.80. The second-order valence-corrected chi connectivity index (χ2v) is 5.62. The topological polar surface area (TPSA) is 84.3 Å². The summed E-state index contributed by atoms with van der Waals surface area (Å²) in [5.74, 6) is -3.19. The van der Waals surface area contributed by atoms with Crippen molar-refractivity contribution in [2.24, 2.45) is 5.92 Å². The van der Waals surface area contributed by atoms with Crippen molar-refractivity contribution in [2.45, 2.75) is 30.8 Å². The monoisotopic (exact) mass is 292 g/mol. The zero-order chi connectivity index (χ0) is 14.4. The highest BCUT2D eigenvalue weighted by Gasteiger charge is 2.60. The largest absolute Gasteiger partial charge is 0.390 e. The fourth-order valence-corrected chi connectivity index (χ4v) is 2.47. The number of aromatic amines is 1. The average molecular weight is 293 g/mol. The summed E-state index contributed by atoms with van der Waals surface area (Å²) < 4.78 is 20.5. The lowest BCUT2D eigenvalue weighted by molar-refractivity contribution is -0.192. The number of aliphatic hydroxyl groups excluding tert-OH is 1. The first kappa shape index (κ1) is 14.2. The molecule has 2 heterocycles. The van der Waals surface area contributed by atoms with Crippen LogP contribution in [0.1, 0.15) is 20.1 Å². The van der Waals surface area contributed by atoms with Gasteiger partial charge >= 0.3 is 5.69 Å². The van der Waals surface area contributed by atoms with Crippen LogP contribution in [0.4, 0.5) is 4.39 Å². The van der Waals surface area contributed by atoms with E-state index < -0.39 is 40.7 Å². The molecule has 0 unspecified atom stereocenters. The molecule has 1 saturated heterocycles. The number of nitrogens with zero attached hydrogens (tertiary/aromatic N) is 1. The van der Waals surface area contributed by atoms with Crippen LogP contribution < -0.4 is 11.2 Å². The van der Waals surface area contributed by atoms with E-state index in [-0.39, 0.29) is 0 Å². The predicted octanol–water partition coefficient (Wildman–Crippen LogP) is 0.357. The van der Waals surface area contributed by atoms with Crippen LogP contribution in [0.5, 0.6) is 0 Å². The first-order valence-corrected chi connectivity index (χ1v) is 6.08. The van der Waals surface area contributed by atoms with Crippen molar-refractivity contribution in [3.05, 3.63) is 33.1 Å². The molecular formula is C11H14ClFN2O4. The molecule has 8 heteroatoms. The van der Waals surface area contributed by atoms with Crippen molar-refractivity contribution in [3.8, 4) is 0 Å². The van der Waals surface area contributed by atoms with Crippen molar-refractivity contribution in [1.29, 1.82) is 0 Å². The number of aromatic nitrogens is 2. The summed E-state index contributed by atoms with van der Waals surface area (Å²) in [5, 5.41) is 9.10. The Morgan fingerprint density at radius 1 is 1.63 bits per heavy atom. The molecule has 0 aliphatic carbocycles. The summed E-state index contributed by atoms with van der Waals surface area (Å²) in [6, 6.07) is 1.11. The van der Waals surface area contributed by atoms with Gasteiger partial charge in [-0.2, -0.15) is 0 Å². The number of alkyl halides is 2. The molecule has 106 valence electrons. The SMILES string of the molecule is C[C@H]1[C@@](C)(Cl)[C@H](n2ccc(=O)[nH]c2=O)O[C@]1(F)CO. The summed E-state index contributed by atoms with van der Waals surface area (Å²) >= 11 is 6.27. The third-order valence-corrected chi connectivity index (χ3v) is 4.12. The molecule has 1 aromatic rings. The maximum Gasteiger partial charge on any atom is 0.330 e. The Hall–Kier alpha value is -1.18. The van der Waals surface area contributed by atoms with Gasteiger partial charge in [0.2, 0.25) is 5.85 Å². The third kappa shape index (κ3) is 2.11. The van der Waals surface area contributed by atoms with Crippen molar-refractivity contribution in [1.82, 2.24) is 9.55 Å². The maximum atomic E-state index is 14.3. The van der Waals surface area contributed by atoms with Crippen LogP contribution in [0, 0.1) is 5.92 Å². The first-order valence-electron chi connectivity index (χ1n) is 5.70. The lowest BCUT2D eigenvalue weighted by Gasteiger charge is -2.27. The van der Waals surface area contributed by atoms with Crippen LogP contribution in [0.2, 0.25) is 0 Å². The van der Waals surface area contributed by atoms with E-state index in [1.807, 2.05) is 4.98 Å². The van der Waals surface area contributed by atoms with E-state index in [1.165, 1.54) is 20.0 Å². The van der Waals surface area contributed by atoms with Gasteiger partial charge in [0.1, 0.15) is 6.61 Å². The Morgan fingerprint density at radius 3 is 2.74 bits per heavy atom. The van der Waals surface area contributed by atoms with E-state index in [4.69, 9.17) is 21.4 Å². The molecule has 1 aliphatic heterocycles. The van der Waals surface area contributed by atoms with Gasteiger partial charge in [-0.1, -0.05) is 6.92 Å². The molecule has 0 bridgehead atoms.